The van der Waals surface area contributed by atoms with E-state index in [2.05, 4.69) is 10.5 Å². The molecule has 0 aliphatic heterocycles. The fourth-order valence-corrected chi connectivity index (χ4v) is 5.01. The van der Waals surface area contributed by atoms with Crippen LogP contribution in [0.25, 0.3) is 0 Å². The number of halogens is 1. The van der Waals surface area contributed by atoms with Crippen molar-refractivity contribution in [2.24, 2.45) is 5.10 Å². The quantitative estimate of drug-likeness (QED) is 0.238. The molecule has 0 bridgehead atoms. The lowest BCUT2D eigenvalue weighted by molar-refractivity contribution is -0.385. The van der Waals surface area contributed by atoms with Gasteiger partial charge < -0.3 is 4.74 Å². The molecule has 3 aromatic carbocycles. The van der Waals surface area contributed by atoms with Crippen LogP contribution in [0.15, 0.2) is 70.7 Å². The number of hydrazone groups is 1. The summed E-state index contributed by atoms with van der Waals surface area (Å²) < 4.78 is 33.5. The predicted molar refractivity (Wildman–Crippen MR) is 142 cm³/mol. The third kappa shape index (κ3) is 6.43. The Morgan fingerprint density at radius 2 is 1.78 bits per heavy atom. The summed E-state index contributed by atoms with van der Waals surface area (Å²) in [6, 6.07) is 15.3. The normalized spacial score (nSPS) is 11.6. The number of nitrogens with one attached hydrogen (secondary N) is 1. The maximum Gasteiger partial charge on any atom is 0.273 e. The maximum absolute atomic E-state index is 13.7. The third-order valence-electron chi connectivity index (χ3n) is 5.48. The SMILES string of the molecule is COc1ccc(Cl)cc1N(CC(=O)N/N=C(/C)c1ccc(C)cc1)S(=O)(=O)c1ccc(C)c([N+](=O)[O-])c1. The summed E-state index contributed by atoms with van der Waals surface area (Å²) in [6.07, 6.45) is 0. The second-order valence-electron chi connectivity index (χ2n) is 8.13. The Kier molecular flexibility index (Phi) is 8.51. The Morgan fingerprint density at radius 1 is 1.11 bits per heavy atom. The highest BCUT2D eigenvalue weighted by Gasteiger charge is 2.31. The van der Waals surface area contributed by atoms with Crippen LogP contribution in [0.3, 0.4) is 0 Å². The molecule has 0 fully saturated rings. The molecule has 0 saturated carbocycles. The Morgan fingerprint density at radius 3 is 2.41 bits per heavy atom. The number of carbonyl (C=O) groups excluding carboxylic acids is 1. The van der Waals surface area contributed by atoms with Crippen molar-refractivity contribution in [2.75, 3.05) is 18.0 Å². The number of hydrogen-bond acceptors (Lipinski definition) is 7. The molecule has 194 valence electrons. The Hall–Kier alpha value is -3.96. The lowest BCUT2D eigenvalue weighted by atomic mass is 10.1. The van der Waals surface area contributed by atoms with Crippen molar-refractivity contribution in [3.63, 3.8) is 0 Å². The highest BCUT2D eigenvalue weighted by atomic mass is 35.5. The van der Waals surface area contributed by atoms with Crippen LogP contribution in [0, 0.1) is 24.0 Å². The average Bonchev–Trinajstić information content (AvgIpc) is 2.86. The summed E-state index contributed by atoms with van der Waals surface area (Å²) in [5, 5.41) is 15.7. The molecule has 10 nitrogen and oxygen atoms in total. The molecule has 12 heteroatoms. The molecule has 0 aliphatic rings. The van der Waals surface area contributed by atoms with Crippen LogP contribution >= 0.6 is 11.6 Å². The number of benzene rings is 3. The summed E-state index contributed by atoms with van der Waals surface area (Å²) >= 11 is 6.13. The van der Waals surface area contributed by atoms with Gasteiger partial charge in [-0.15, -0.1) is 0 Å². The molecule has 0 unspecified atom stereocenters. The predicted octanol–water partition coefficient (Wildman–Crippen LogP) is 4.61. The van der Waals surface area contributed by atoms with Gasteiger partial charge in [-0.2, -0.15) is 5.10 Å². The van der Waals surface area contributed by atoms with Gasteiger partial charge in [-0.1, -0.05) is 47.5 Å². The van der Waals surface area contributed by atoms with Crippen LogP contribution in [-0.4, -0.2) is 38.6 Å². The maximum atomic E-state index is 13.7. The molecular weight excluding hydrogens is 520 g/mol. The van der Waals surface area contributed by atoms with Gasteiger partial charge in [0, 0.05) is 16.7 Å². The van der Waals surface area contributed by atoms with Gasteiger partial charge in [0.2, 0.25) is 0 Å². The molecular formula is C25H25ClN4O6S. The number of amides is 1. The van der Waals surface area contributed by atoms with Crippen LogP contribution in [0.2, 0.25) is 5.02 Å². The first-order valence-corrected chi connectivity index (χ1v) is 12.8. The lowest BCUT2D eigenvalue weighted by Crippen LogP contribution is -2.40. The van der Waals surface area contributed by atoms with Crippen LogP contribution < -0.4 is 14.5 Å². The van der Waals surface area contributed by atoms with Gasteiger partial charge in [0.1, 0.15) is 12.3 Å². The first kappa shape index (κ1) is 27.6. The molecule has 3 rings (SSSR count). The van der Waals surface area contributed by atoms with Crippen molar-refractivity contribution in [1.29, 1.82) is 0 Å². The number of methoxy groups -OCH3 is 1. The van der Waals surface area contributed by atoms with Gasteiger partial charge in [0.05, 0.1) is 28.3 Å². The number of anilines is 1. The van der Waals surface area contributed by atoms with E-state index >= 15 is 0 Å². The van der Waals surface area contributed by atoms with Gasteiger partial charge >= 0.3 is 0 Å². The van der Waals surface area contributed by atoms with E-state index in [-0.39, 0.29) is 32.6 Å². The minimum atomic E-state index is -4.49. The van der Waals surface area contributed by atoms with Crippen molar-refractivity contribution in [3.05, 3.63) is 92.5 Å². The molecule has 0 aliphatic carbocycles. The smallest absolute Gasteiger partial charge is 0.273 e. The number of nitro benzene ring substituents is 1. The summed E-state index contributed by atoms with van der Waals surface area (Å²) in [6.45, 7) is 4.43. The molecule has 0 atom stereocenters. The third-order valence-corrected chi connectivity index (χ3v) is 7.47. The number of rotatable bonds is 9. The van der Waals surface area contributed by atoms with Gasteiger partial charge in [-0.05, 0) is 50.6 Å². The molecule has 0 radical (unpaired) electrons. The number of ether oxygens (including phenoxy) is 1. The Labute approximate surface area is 219 Å². The Bertz CT molecular complexity index is 1470. The fourth-order valence-electron chi connectivity index (χ4n) is 3.40. The van der Waals surface area contributed by atoms with Crippen LogP contribution in [-0.2, 0) is 14.8 Å². The number of sulfonamides is 1. The highest BCUT2D eigenvalue weighted by molar-refractivity contribution is 7.92. The van der Waals surface area contributed by atoms with Crippen molar-refractivity contribution in [2.45, 2.75) is 25.7 Å². The second-order valence-corrected chi connectivity index (χ2v) is 10.4. The monoisotopic (exact) mass is 544 g/mol. The zero-order valence-electron chi connectivity index (χ0n) is 20.6. The highest BCUT2D eigenvalue weighted by Crippen LogP contribution is 2.35. The van der Waals surface area contributed by atoms with Crippen LogP contribution in [0.1, 0.15) is 23.6 Å². The number of hydrogen-bond donors (Lipinski definition) is 1. The van der Waals surface area contributed by atoms with E-state index in [4.69, 9.17) is 16.3 Å². The van der Waals surface area contributed by atoms with Gasteiger partial charge in [0.15, 0.2) is 0 Å². The average molecular weight is 545 g/mol. The molecule has 1 N–H and O–H groups in total. The minimum absolute atomic E-state index is 0.0207. The van der Waals surface area contributed by atoms with Crippen molar-refractivity contribution in [3.8, 4) is 5.75 Å². The first-order chi connectivity index (χ1) is 17.4. The van der Waals surface area contributed by atoms with Gasteiger partial charge in [-0.25, -0.2) is 13.8 Å². The molecule has 3 aromatic rings. The second kappa shape index (κ2) is 11.4. The van der Waals surface area contributed by atoms with E-state index in [9.17, 15) is 23.3 Å². The largest absolute Gasteiger partial charge is 0.495 e. The summed E-state index contributed by atoms with van der Waals surface area (Å²) in [5.74, 6) is -0.625. The molecule has 0 spiro atoms. The molecule has 1 amide bonds. The van der Waals surface area contributed by atoms with Crippen molar-refractivity contribution >= 4 is 44.6 Å². The van der Waals surface area contributed by atoms with Gasteiger partial charge in [-0.3, -0.25) is 19.2 Å². The Balaban J connectivity index is 2.02. The zero-order valence-corrected chi connectivity index (χ0v) is 22.1. The van der Waals surface area contributed by atoms with Crippen LogP contribution in [0.5, 0.6) is 5.75 Å². The van der Waals surface area contributed by atoms with Crippen LogP contribution in [0.4, 0.5) is 11.4 Å². The van der Waals surface area contributed by atoms with E-state index in [0.29, 0.717) is 5.71 Å². The van der Waals surface area contributed by atoms with Gasteiger partial charge in [0.25, 0.3) is 21.6 Å². The summed E-state index contributed by atoms with van der Waals surface area (Å²) in [7, 11) is -3.15. The van der Waals surface area contributed by atoms with E-state index in [1.54, 1.807) is 6.92 Å². The summed E-state index contributed by atoms with van der Waals surface area (Å²) in [4.78, 5) is 23.3. The van der Waals surface area contributed by atoms with Crippen molar-refractivity contribution < 1.29 is 22.9 Å². The standard InChI is InChI=1S/C25H25ClN4O6S/c1-16-5-8-19(9-6-16)18(3)27-28-25(31)15-29(23-13-20(26)10-12-24(23)36-4)37(34,35)21-11-7-17(2)22(14-21)30(32)33/h5-14H,15H2,1-4H3,(H,28,31)/b27-18-. The molecule has 0 heterocycles. The minimum Gasteiger partial charge on any atom is -0.495 e. The van der Waals surface area contributed by atoms with E-state index in [0.717, 1.165) is 21.5 Å². The molecule has 0 aromatic heterocycles. The molecule has 37 heavy (non-hydrogen) atoms. The number of nitrogens with zero attached hydrogens (tertiary/aromatic N) is 3. The van der Waals surface area contributed by atoms with E-state index in [1.165, 1.54) is 44.4 Å². The van der Waals surface area contributed by atoms with E-state index in [1.807, 2.05) is 31.2 Å². The lowest BCUT2D eigenvalue weighted by Gasteiger charge is -2.25. The van der Waals surface area contributed by atoms with E-state index < -0.39 is 27.4 Å². The number of carbonyl (C=O) groups is 1. The summed E-state index contributed by atoms with van der Waals surface area (Å²) in [5.41, 5.74) is 4.61. The molecule has 0 saturated heterocycles. The topological polar surface area (TPSA) is 131 Å². The first-order valence-electron chi connectivity index (χ1n) is 11.0. The van der Waals surface area contributed by atoms with Crippen molar-refractivity contribution in [1.82, 2.24) is 5.43 Å². The zero-order chi connectivity index (χ0) is 27.3. The fraction of sp³-hybridized carbons (Fsp3) is 0.200. The number of nitro groups is 1. The number of aryl methyl sites for hydroxylation is 2.